The number of hydrazone groups is 1. The lowest BCUT2D eigenvalue weighted by molar-refractivity contribution is -0.384. The van der Waals surface area contributed by atoms with E-state index in [9.17, 15) is 14.9 Å². The van der Waals surface area contributed by atoms with Gasteiger partial charge in [-0.15, -0.1) is 0 Å². The van der Waals surface area contributed by atoms with E-state index >= 15 is 0 Å². The van der Waals surface area contributed by atoms with Crippen molar-refractivity contribution in [2.24, 2.45) is 16.0 Å². The van der Waals surface area contributed by atoms with Crippen LogP contribution in [0, 0.1) is 16.0 Å². The van der Waals surface area contributed by atoms with E-state index < -0.39 is 10.8 Å². The zero-order chi connectivity index (χ0) is 21.8. The number of hydrogen-bond donors (Lipinski definition) is 0. The number of hydrogen-bond acceptors (Lipinski definition) is 6. The molecule has 0 radical (unpaired) electrons. The Morgan fingerprint density at radius 2 is 1.61 bits per heavy atom. The van der Waals surface area contributed by atoms with Crippen LogP contribution in [0.2, 0.25) is 0 Å². The zero-order valence-corrected chi connectivity index (χ0v) is 17.4. The monoisotopic (exact) mass is 430 g/mol. The smallest absolute Gasteiger partial charge is 0.269 e. The Labute approximate surface area is 183 Å². The molecule has 0 N–H and O–H groups in total. The molecule has 0 saturated heterocycles. The van der Waals surface area contributed by atoms with Gasteiger partial charge in [-0.05, 0) is 55.5 Å². The Bertz CT molecular complexity index is 1160. The van der Waals surface area contributed by atoms with Crippen molar-refractivity contribution >= 4 is 46.7 Å². The second-order valence-corrected chi connectivity index (χ2v) is 7.98. The molecular formula is C23H18N4O3S. The van der Waals surface area contributed by atoms with Crippen LogP contribution in [0.3, 0.4) is 0 Å². The summed E-state index contributed by atoms with van der Waals surface area (Å²) in [5.74, 6) is -0.618. The van der Waals surface area contributed by atoms with E-state index in [0.29, 0.717) is 5.71 Å². The van der Waals surface area contributed by atoms with Crippen LogP contribution in [0.15, 0.2) is 98.7 Å². The highest BCUT2D eigenvalue weighted by Crippen LogP contribution is 2.30. The maximum Gasteiger partial charge on any atom is 0.269 e. The number of nitrogens with zero attached hydrogens (tertiary/aromatic N) is 4. The quantitative estimate of drug-likeness (QED) is 0.294. The van der Waals surface area contributed by atoms with Gasteiger partial charge in [0.1, 0.15) is 5.92 Å². The van der Waals surface area contributed by atoms with Gasteiger partial charge in [0, 0.05) is 28.1 Å². The maximum atomic E-state index is 12.7. The molecule has 0 saturated carbocycles. The van der Waals surface area contributed by atoms with E-state index in [1.54, 1.807) is 18.3 Å². The van der Waals surface area contributed by atoms with E-state index in [0.717, 1.165) is 21.2 Å². The van der Waals surface area contributed by atoms with Crippen LogP contribution in [0.5, 0.6) is 0 Å². The normalized spacial score (nSPS) is 16.0. The van der Waals surface area contributed by atoms with Gasteiger partial charge >= 0.3 is 0 Å². The third-order valence-electron chi connectivity index (χ3n) is 4.68. The summed E-state index contributed by atoms with van der Waals surface area (Å²) < 4.78 is 0. The number of para-hydroxylation sites is 1. The summed E-state index contributed by atoms with van der Waals surface area (Å²) in [6.45, 7) is 1.82. The molecule has 4 rings (SSSR count). The third-order valence-corrected chi connectivity index (χ3v) is 5.69. The molecule has 1 heterocycles. The van der Waals surface area contributed by atoms with Gasteiger partial charge in [-0.3, -0.25) is 19.9 Å². The molecule has 1 aliphatic heterocycles. The topological polar surface area (TPSA) is 88.2 Å². The highest BCUT2D eigenvalue weighted by molar-refractivity contribution is 7.99. The summed E-state index contributed by atoms with van der Waals surface area (Å²) in [4.78, 5) is 29.4. The summed E-state index contributed by atoms with van der Waals surface area (Å²) in [7, 11) is 0. The Kier molecular flexibility index (Phi) is 5.90. The lowest BCUT2D eigenvalue weighted by atomic mass is 10.1. The van der Waals surface area contributed by atoms with E-state index in [2.05, 4.69) is 10.1 Å². The highest BCUT2D eigenvalue weighted by Gasteiger charge is 2.33. The fourth-order valence-corrected chi connectivity index (χ4v) is 3.85. The van der Waals surface area contributed by atoms with E-state index in [4.69, 9.17) is 0 Å². The SMILES string of the molecule is CC1=NN(c2ccccc2)C(=O)[C@@H]1C=Nc1ccc(Sc2ccc([N+](=O)[O-])cc2)cc1. The minimum absolute atomic E-state index is 0.0696. The van der Waals surface area contributed by atoms with Gasteiger partial charge in [0.05, 0.1) is 22.0 Å². The molecule has 0 unspecified atom stereocenters. The predicted octanol–water partition coefficient (Wildman–Crippen LogP) is 5.49. The van der Waals surface area contributed by atoms with Crippen LogP contribution in [0.25, 0.3) is 0 Å². The van der Waals surface area contributed by atoms with Gasteiger partial charge in [0.15, 0.2) is 0 Å². The van der Waals surface area contributed by atoms with Gasteiger partial charge in [0.25, 0.3) is 11.6 Å². The Hall–Kier alpha value is -3.78. The van der Waals surface area contributed by atoms with E-state index in [1.807, 2.05) is 61.5 Å². The molecule has 0 aliphatic carbocycles. The number of rotatable bonds is 6. The second-order valence-electron chi connectivity index (χ2n) is 6.83. The largest absolute Gasteiger partial charge is 0.271 e. The number of nitro benzene ring substituents is 1. The molecule has 3 aromatic carbocycles. The first-order valence-corrected chi connectivity index (χ1v) is 10.3. The molecule has 1 atom stereocenters. The summed E-state index contributed by atoms with van der Waals surface area (Å²) >= 11 is 1.50. The average Bonchev–Trinajstić information content (AvgIpc) is 3.07. The van der Waals surface area contributed by atoms with Gasteiger partial charge < -0.3 is 0 Å². The predicted molar refractivity (Wildman–Crippen MR) is 122 cm³/mol. The fraction of sp³-hybridized carbons (Fsp3) is 0.0870. The molecule has 1 aliphatic rings. The number of aliphatic imine (C=N–C) groups is 1. The Morgan fingerprint density at radius 1 is 1.00 bits per heavy atom. The maximum absolute atomic E-state index is 12.7. The molecule has 154 valence electrons. The van der Waals surface area contributed by atoms with Crippen molar-refractivity contribution in [2.75, 3.05) is 5.01 Å². The van der Waals surface area contributed by atoms with Crippen LogP contribution in [-0.4, -0.2) is 22.8 Å². The van der Waals surface area contributed by atoms with Crippen molar-refractivity contribution in [3.05, 3.63) is 89.0 Å². The number of carbonyl (C=O) groups is 1. The molecule has 1 amide bonds. The highest BCUT2D eigenvalue weighted by atomic mass is 32.2. The number of benzene rings is 3. The van der Waals surface area contributed by atoms with E-state index in [1.165, 1.54) is 28.9 Å². The molecule has 7 nitrogen and oxygen atoms in total. The van der Waals surface area contributed by atoms with Crippen molar-refractivity contribution in [3.63, 3.8) is 0 Å². The molecule has 31 heavy (non-hydrogen) atoms. The molecule has 3 aromatic rings. The van der Waals surface area contributed by atoms with Crippen molar-refractivity contribution in [2.45, 2.75) is 16.7 Å². The van der Waals surface area contributed by atoms with Crippen LogP contribution in [0.4, 0.5) is 17.1 Å². The molecule has 0 aromatic heterocycles. The van der Waals surface area contributed by atoms with Crippen molar-refractivity contribution in [3.8, 4) is 0 Å². The molecule has 8 heteroatoms. The average molecular weight is 430 g/mol. The minimum atomic E-state index is -0.491. The number of carbonyl (C=O) groups excluding carboxylic acids is 1. The summed E-state index contributed by atoms with van der Waals surface area (Å²) in [5, 5.41) is 16.5. The van der Waals surface area contributed by atoms with Gasteiger partial charge in [-0.25, -0.2) is 0 Å². The van der Waals surface area contributed by atoms with Crippen molar-refractivity contribution in [1.82, 2.24) is 0 Å². The summed E-state index contributed by atoms with van der Waals surface area (Å²) in [5.41, 5.74) is 2.23. The van der Waals surface area contributed by atoms with Crippen LogP contribution >= 0.6 is 11.8 Å². The van der Waals surface area contributed by atoms with Crippen LogP contribution in [0.1, 0.15) is 6.92 Å². The minimum Gasteiger partial charge on any atom is -0.271 e. The fourth-order valence-electron chi connectivity index (χ4n) is 3.04. The van der Waals surface area contributed by atoms with Gasteiger partial charge in [-0.2, -0.15) is 10.1 Å². The van der Waals surface area contributed by atoms with Crippen LogP contribution in [-0.2, 0) is 4.79 Å². The number of anilines is 1. The zero-order valence-electron chi connectivity index (χ0n) is 16.6. The second kappa shape index (κ2) is 8.93. The number of amides is 1. The lowest BCUT2D eigenvalue weighted by Gasteiger charge is -2.12. The van der Waals surface area contributed by atoms with Crippen LogP contribution < -0.4 is 5.01 Å². The first kappa shape index (κ1) is 20.5. The standard InChI is InChI=1S/C23H18N4O3S/c1-16-22(23(28)26(25-16)18-5-3-2-4-6-18)15-24-17-7-11-20(12-8-17)31-21-13-9-19(10-14-21)27(29)30/h2-15,22H,1H3/t22-/m1/s1. The van der Waals surface area contributed by atoms with Gasteiger partial charge in [0.2, 0.25) is 0 Å². The third kappa shape index (κ3) is 4.70. The lowest BCUT2D eigenvalue weighted by Crippen LogP contribution is -2.27. The Morgan fingerprint density at radius 3 is 2.23 bits per heavy atom. The van der Waals surface area contributed by atoms with E-state index in [-0.39, 0.29) is 11.6 Å². The molecule has 0 bridgehead atoms. The molecule has 0 spiro atoms. The van der Waals surface area contributed by atoms with Crippen molar-refractivity contribution < 1.29 is 9.72 Å². The first-order valence-electron chi connectivity index (χ1n) is 9.52. The summed E-state index contributed by atoms with van der Waals surface area (Å²) in [6.07, 6.45) is 1.63. The van der Waals surface area contributed by atoms with Gasteiger partial charge in [-0.1, -0.05) is 30.0 Å². The first-order chi connectivity index (χ1) is 15.0. The summed E-state index contributed by atoms with van der Waals surface area (Å²) in [6, 6.07) is 23.3. The molecular weight excluding hydrogens is 412 g/mol. The Balaban J connectivity index is 1.41. The number of non-ortho nitro benzene ring substituents is 1. The molecule has 0 fully saturated rings. The van der Waals surface area contributed by atoms with Crippen molar-refractivity contribution in [1.29, 1.82) is 0 Å². The number of nitro groups is 1.